The summed E-state index contributed by atoms with van der Waals surface area (Å²) in [6.07, 6.45) is 16.6. The first-order valence-electron chi connectivity index (χ1n) is 19.1. The molecule has 0 radical (unpaired) electrons. The number of esters is 1. The third kappa shape index (κ3) is 5.17. The number of rotatable bonds is 9. The molecule has 260 valence electrons. The summed E-state index contributed by atoms with van der Waals surface area (Å²) in [5, 5.41) is 9.59. The van der Waals surface area contributed by atoms with E-state index in [4.69, 9.17) is 4.74 Å². The van der Waals surface area contributed by atoms with Crippen molar-refractivity contribution >= 4 is 11.9 Å². The van der Waals surface area contributed by atoms with Crippen molar-refractivity contribution in [3.8, 4) is 0 Å². The van der Waals surface area contributed by atoms with E-state index in [1.807, 2.05) is 0 Å². The van der Waals surface area contributed by atoms with Crippen molar-refractivity contribution in [1.29, 1.82) is 0 Å². The minimum atomic E-state index is -1.11. The quantitative estimate of drug-likeness (QED) is 0.201. The number of aliphatic carboxylic acids is 1. The summed E-state index contributed by atoms with van der Waals surface area (Å²) in [6.45, 7) is 24.2. The van der Waals surface area contributed by atoms with Crippen LogP contribution >= 0.6 is 0 Å². The van der Waals surface area contributed by atoms with Crippen molar-refractivity contribution in [2.75, 3.05) is 13.6 Å². The normalized spacial score (nSPS) is 44.8. The second-order valence-corrected chi connectivity index (χ2v) is 19.7. The average Bonchev–Trinajstić information content (AvgIpc) is 3.74. The lowest BCUT2D eigenvalue weighted by Gasteiger charge is -2.73. The van der Waals surface area contributed by atoms with Crippen LogP contribution < -0.4 is 0 Å². The molecule has 0 bridgehead atoms. The van der Waals surface area contributed by atoms with Crippen molar-refractivity contribution in [2.24, 2.45) is 62.1 Å². The van der Waals surface area contributed by atoms with E-state index in [9.17, 15) is 14.7 Å². The molecule has 0 spiro atoms. The van der Waals surface area contributed by atoms with Crippen LogP contribution in [-0.4, -0.2) is 47.7 Å². The second kappa shape index (κ2) is 11.3. The molecule has 10 atom stereocenters. The Balaban J connectivity index is 1.24. The molecule has 5 heteroatoms. The monoisotopic (exact) mass is 638 g/mol. The predicted octanol–water partition coefficient (Wildman–Crippen LogP) is 9.54. The van der Waals surface area contributed by atoms with Crippen molar-refractivity contribution in [1.82, 2.24) is 4.90 Å². The molecule has 6 rings (SSSR count). The lowest BCUT2D eigenvalue weighted by molar-refractivity contribution is -0.250. The van der Waals surface area contributed by atoms with Crippen LogP contribution in [0.15, 0.2) is 12.2 Å². The fourth-order valence-electron chi connectivity index (χ4n) is 13.6. The maximum absolute atomic E-state index is 13.1. The molecular formula is C41H67NO4. The van der Waals surface area contributed by atoms with Crippen LogP contribution in [0.4, 0.5) is 0 Å². The Labute approximate surface area is 281 Å². The molecule has 6 fully saturated rings. The fourth-order valence-corrected chi connectivity index (χ4v) is 13.6. The number of carbonyl (C=O) groups excluding carboxylic acids is 1. The number of allylic oxidation sites excluding steroid dienone is 1. The molecule has 0 aliphatic heterocycles. The Hall–Kier alpha value is -1.36. The minimum absolute atomic E-state index is 0.0814. The highest BCUT2D eigenvalue weighted by molar-refractivity contribution is 5.81. The van der Waals surface area contributed by atoms with Gasteiger partial charge in [0.1, 0.15) is 6.10 Å². The molecule has 6 saturated carbocycles. The largest absolute Gasteiger partial charge is 0.481 e. The van der Waals surface area contributed by atoms with E-state index >= 15 is 0 Å². The number of carbonyl (C=O) groups is 2. The van der Waals surface area contributed by atoms with Crippen LogP contribution in [0.1, 0.15) is 145 Å². The fraction of sp³-hybridized carbons (Fsp3) is 0.902. The summed E-state index contributed by atoms with van der Waals surface area (Å²) in [5.74, 6) is 2.10. The molecule has 0 aromatic carbocycles. The van der Waals surface area contributed by atoms with Crippen LogP contribution in [0.25, 0.3) is 0 Å². The Morgan fingerprint density at radius 2 is 1.57 bits per heavy atom. The summed E-state index contributed by atoms with van der Waals surface area (Å²) in [6, 6.07) is 0.840. The van der Waals surface area contributed by atoms with Gasteiger partial charge in [-0.1, -0.05) is 46.8 Å². The summed E-state index contributed by atoms with van der Waals surface area (Å²) >= 11 is 0. The van der Waals surface area contributed by atoms with Gasteiger partial charge in [-0.2, -0.15) is 0 Å². The lowest BCUT2D eigenvalue weighted by atomic mass is 9.32. The Morgan fingerprint density at radius 3 is 2.20 bits per heavy atom. The molecule has 0 amide bonds. The minimum Gasteiger partial charge on any atom is -0.481 e. The van der Waals surface area contributed by atoms with Crippen LogP contribution in [0.2, 0.25) is 0 Å². The molecular weight excluding hydrogens is 570 g/mol. The molecule has 46 heavy (non-hydrogen) atoms. The van der Waals surface area contributed by atoms with Crippen LogP contribution in [0, 0.1) is 62.1 Å². The molecule has 0 unspecified atom stereocenters. The standard InChI is InChI=1S/C41H67NO4/c1-26(2)28-15-20-41(23-24-42(10)27-11-12-27)22-21-39(8)29(34(28)41)13-14-31-38(7)18-17-32(46-33(43)25-36(3,4)35(44)45)37(5,6)30(38)16-19-40(31,39)9/h27-32,34H,1,11-25H2,2-10H3,(H,44,45)/t28-,29+,30-,31+,32-,34+,38-,39+,40+,41+/m0/s1. The zero-order valence-corrected chi connectivity index (χ0v) is 31.0. The Morgan fingerprint density at radius 1 is 0.870 bits per heavy atom. The molecule has 0 aromatic heterocycles. The average molecular weight is 638 g/mol. The summed E-state index contributed by atoms with van der Waals surface area (Å²) in [7, 11) is 2.38. The maximum Gasteiger partial charge on any atom is 0.309 e. The van der Waals surface area contributed by atoms with E-state index in [1.165, 1.54) is 82.7 Å². The summed E-state index contributed by atoms with van der Waals surface area (Å²) in [5.41, 5.74) is 1.55. The number of carboxylic acid groups (broad SMARTS) is 1. The smallest absolute Gasteiger partial charge is 0.309 e. The van der Waals surface area contributed by atoms with Gasteiger partial charge in [-0.25, -0.2) is 0 Å². The van der Waals surface area contributed by atoms with E-state index in [-0.39, 0.29) is 29.3 Å². The number of hydrogen-bond acceptors (Lipinski definition) is 4. The molecule has 5 nitrogen and oxygen atoms in total. The number of hydrogen-bond donors (Lipinski definition) is 1. The van der Waals surface area contributed by atoms with Gasteiger partial charge in [-0.05, 0) is 169 Å². The predicted molar refractivity (Wildman–Crippen MR) is 185 cm³/mol. The highest BCUT2D eigenvalue weighted by Crippen LogP contribution is 2.78. The molecule has 0 aromatic rings. The van der Waals surface area contributed by atoms with E-state index in [0.717, 1.165) is 30.7 Å². The van der Waals surface area contributed by atoms with Gasteiger partial charge in [-0.3, -0.25) is 9.59 Å². The first kappa shape index (κ1) is 34.5. The van der Waals surface area contributed by atoms with E-state index in [2.05, 4.69) is 60.1 Å². The first-order chi connectivity index (χ1) is 21.3. The van der Waals surface area contributed by atoms with Crippen molar-refractivity contribution in [3.05, 3.63) is 12.2 Å². The Kier molecular flexibility index (Phi) is 8.51. The van der Waals surface area contributed by atoms with Gasteiger partial charge in [-0.15, -0.1) is 0 Å². The molecule has 0 heterocycles. The van der Waals surface area contributed by atoms with E-state index < -0.39 is 11.4 Å². The topological polar surface area (TPSA) is 66.8 Å². The van der Waals surface area contributed by atoms with Crippen LogP contribution in [0.5, 0.6) is 0 Å². The van der Waals surface area contributed by atoms with Crippen molar-refractivity contribution in [2.45, 2.75) is 157 Å². The van der Waals surface area contributed by atoms with Gasteiger partial charge in [0.05, 0.1) is 11.8 Å². The van der Waals surface area contributed by atoms with Gasteiger partial charge in [0.2, 0.25) is 0 Å². The summed E-state index contributed by atoms with van der Waals surface area (Å²) in [4.78, 5) is 27.4. The van der Waals surface area contributed by atoms with Gasteiger partial charge in [0.25, 0.3) is 0 Å². The second-order valence-electron chi connectivity index (χ2n) is 19.7. The van der Waals surface area contributed by atoms with Gasteiger partial charge < -0.3 is 14.7 Å². The van der Waals surface area contributed by atoms with Crippen LogP contribution in [-0.2, 0) is 14.3 Å². The van der Waals surface area contributed by atoms with Gasteiger partial charge in [0, 0.05) is 11.5 Å². The highest BCUT2D eigenvalue weighted by Gasteiger charge is 2.71. The maximum atomic E-state index is 13.1. The molecule has 1 N–H and O–H groups in total. The number of ether oxygens (including phenoxy) is 1. The SMILES string of the molecule is C=C(C)[C@@H]1CC[C@]2(CCN(C)C3CC3)CC[C@]3(C)[C@H](CC[C@@H]4[C@@]5(C)CC[C@H](OC(=O)CC(C)(C)C(=O)O)C(C)(C)[C@@H]5CC[C@]43C)[C@@H]12. The zero-order chi connectivity index (χ0) is 33.7. The number of nitrogens with zero attached hydrogens (tertiary/aromatic N) is 1. The molecule has 6 aliphatic rings. The van der Waals surface area contributed by atoms with Crippen molar-refractivity contribution < 1.29 is 19.4 Å². The summed E-state index contributed by atoms with van der Waals surface area (Å²) < 4.78 is 6.19. The number of carboxylic acids is 1. The zero-order valence-electron chi connectivity index (χ0n) is 31.0. The first-order valence-corrected chi connectivity index (χ1v) is 19.1. The van der Waals surface area contributed by atoms with Crippen molar-refractivity contribution in [3.63, 3.8) is 0 Å². The lowest BCUT2D eigenvalue weighted by Crippen LogP contribution is -2.66. The van der Waals surface area contributed by atoms with Gasteiger partial charge >= 0.3 is 11.9 Å². The third-order valence-electron chi connectivity index (χ3n) is 16.8. The van der Waals surface area contributed by atoms with E-state index in [1.54, 1.807) is 13.8 Å². The Bertz CT molecular complexity index is 1230. The third-order valence-corrected chi connectivity index (χ3v) is 16.8. The molecule has 6 aliphatic carbocycles. The van der Waals surface area contributed by atoms with Crippen LogP contribution in [0.3, 0.4) is 0 Å². The van der Waals surface area contributed by atoms with E-state index in [0.29, 0.717) is 34.0 Å². The highest BCUT2D eigenvalue weighted by atomic mass is 16.5. The number of fused-ring (bicyclic) bond motifs is 7. The van der Waals surface area contributed by atoms with Gasteiger partial charge in [0.15, 0.2) is 0 Å². The molecule has 0 saturated heterocycles.